The van der Waals surface area contributed by atoms with Crippen molar-refractivity contribution in [2.24, 2.45) is 5.92 Å². The monoisotopic (exact) mass is 480 g/mol. The van der Waals surface area contributed by atoms with Gasteiger partial charge in [0, 0.05) is 29.6 Å². The number of carbonyl (C=O) groups excluding carboxylic acids is 1. The molecule has 1 aliphatic carbocycles. The van der Waals surface area contributed by atoms with E-state index in [-0.39, 0.29) is 23.4 Å². The summed E-state index contributed by atoms with van der Waals surface area (Å²) in [4.78, 5) is 17.6. The normalized spacial score (nSPS) is 27.3. The third-order valence-corrected chi connectivity index (χ3v) is 8.79. The number of ether oxygens (including phenoxy) is 3. The highest BCUT2D eigenvalue weighted by molar-refractivity contribution is 5.71. The van der Waals surface area contributed by atoms with Gasteiger partial charge in [-0.2, -0.15) is 0 Å². The molecule has 35 heavy (non-hydrogen) atoms. The molecule has 3 heterocycles. The van der Waals surface area contributed by atoms with Crippen molar-refractivity contribution in [3.63, 3.8) is 0 Å². The Labute approximate surface area is 205 Å². The van der Waals surface area contributed by atoms with Crippen molar-refractivity contribution in [3.05, 3.63) is 53.8 Å². The van der Waals surface area contributed by atoms with Crippen molar-refractivity contribution >= 4 is 6.09 Å². The number of nitrogens with zero attached hydrogens (tertiary/aromatic N) is 2. The highest BCUT2D eigenvalue weighted by atomic mass is 19.1. The van der Waals surface area contributed by atoms with Gasteiger partial charge in [0.1, 0.15) is 23.1 Å². The van der Waals surface area contributed by atoms with Crippen LogP contribution in [0.5, 0.6) is 17.2 Å². The quantitative estimate of drug-likeness (QED) is 0.619. The average Bonchev–Trinajstić information content (AvgIpc) is 3.47. The molecular formula is C28H33FN2O4. The molecule has 0 aromatic heterocycles. The first-order valence-electron chi connectivity index (χ1n) is 12.8. The molecule has 186 valence electrons. The van der Waals surface area contributed by atoms with Gasteiger partial charge in [-0.25, -0.2) is 9.18 Å². The predicted molar refractivity (Wildman–Crippen MR) is 130 cm³/mol. The van der Waals surface area contributed by atoms with Gasteiger partial charge in [-0.05, 0) is 100.0 Å². The van der Waals surface area contributed by atoms with E-state index >= 15 is 0 Å². The molecule has 2 aromatic carbocycles. The highest BCUT2D eigenvalue weighted by Gasteiger charge is 2.48. The fourth-order valence-corrected chi connectivity index (χ4v) is 6.85. The Balaban J connectivity index is 1.09. The van der Waals surface area contributed by atoms with Crippen LogP contribution in [0.3, 0.4) is 0 Å². The minimum Gasteiger partial charge on any atom is -0.497 e. The molecule has 6 nitrogen and oxygen atoms in total. The standard InChI is InChI=1S/C28H33FN2O4/c1-33-22-5-7-23(8-6-22)35-27(32)31-12-2-3-19-15-21(17-25(19)31)30-13-10-28(11-14-30)18-34-26-9-4-20(29)16-24(26)28/h4-9,16,19,21,25H,2-3,10-15,17-18H2,1H3. The fourth-order valence-electron chi connectivity index (χ4n) is 6.85. The van der Waals surface area contributed by atoms with Gasteiger partial charge >= 0.3 is 6.09 Å². The smallest absolute Gasteiger partial charge is 0.415 e. The zero-order valence-electron chi connectivity index (χ0n) is 20.2. The van der Waals surface area contributed by atoms with Gasteiger partial charge in [0.2, 0.25) is 0 Å². The molecule has 0 bridgehead atoms. The molecule has 6 rings (SSSR count). The molecular weight excluding hydrogens is 447 g/mol. The summed E-state index contributed by atoms with van der Waals surface area (Å²) in [6.45, 7) is 3.38. The van der Waals surface area contributed by atoms with Crippen LogP contribution in [0.25, 0.3) is 0 Å². The van der Waals surface area contributed by atoms with Gasteiger partial charge in [0.25, 0.3) is 0 Å². The molecule has 4 aliphatic rings. The van der Waals surface area contributed by atoms with Crippen LogP contribution in [0.1, 0.15) is 44.1 Å². The summed E-state index contributed by atoms with van der Waals surface area (Å²) in [5.74, 6) is 2.47. The molecule has 3 unspecified atom stereocenters. The second-order valence-electron chi connectivity index (χ2n) is 10.6. The maximum absolute atomic E-state index is 14.0. The van der Waals surface area contributed by atoms with Crippen LogP contribution in [-0.4, -0.2) is 61.3 Å². The van der Waals surface area contributed by atoms with Gasteiger partial charge < -0.3 is 24.0 Å². The van der Waals surface area contributed by atoms with E-state index in [1.54, 1.807) is 43.5 Å². The van der Waals surface area contributed by atoms with Crippen LogP contribution >= 0.6 is 0 Å². The van der Waals surface area contributed by atoms with Gasteiger partial charge in [-0.15, -0.1) is 0 Å². The van der Waals surface area contributed by atoms with E-state index < -0.39 is 0 Å². The number of hydrogen-bond acceptors (Lipinski definition) is 5. The SMILES string of the molecule is COc1ccc(OC(=O)N2CCCC3CC(N4CCC5(CC4)COc4ccc(F)cc45)CC32)cc1. The van der Waals surface area contributed by atoms with Gasteiger partial charge in [0.05, 0.1) is 13.7 Å². The number of likely N-dealkylation sites (tertiary alicyclic amines) is 2. The zero-order valence-corrected chi connectivity index (χ0v) is 20.2. The second kappa shape index (κ2) is 9.01. The summed E-state index contributed by atoms with van der Waals surface area (Å²) in [6.07, 6.45) is 6.05. The third-order valence-electron chi connectivity index (χ3n) is 8.79. The summed E-state index contributed by atoms with van der Waals surface area (Å²) in [5.41, 5.74) is 0.984. The number of halogens is 1. The lowest BCUT2D eigenvalue weighted by molar-refractivity contribution is 0.0894. The van der Waals surface area contributed by atoms with E-state index in [1.807, 2.05) is 4.90 Å². The molecule has 0 radical (unpaired) electrons. The lowest BCUT2D eigenvalue weighted by atomic mass is 9.74. The number of piperidine rings is 2. The molecule has 3 aliphatic heterocycles. The molecule has 0 N–H and O–H groups in total. The van der Waals surface area contributed by atoms with Gasteiger partial charge in [-0.1, -0.05) is 0 Å². The minimum atomic E-state index is -0.246. The van der Waals surface area contributed by atoms with Crippen LogP contribution in [0.2, 0.25) is 0 Å². The maximum Gasteiger partial charge on any atom is 0.415 e. The highest BCUT2D eigenvalue weighted by Crippen LogP contribution is 2.47. The summed E-state index contributed by atoms with van der Waals surface area (Å²) in [6, 6.07) is 12.8. The molecule has 2 saturated heterocycles. The van der Waals surface area contributed by atoms with Crippen LogP contribution in [0, 0.1) is 11.7 Å². The van der Waals surface area contributed by atoms with Crippen molar-refractivity contribution in [2.75, 3.05) is 33.4 Å². The molecule has 2 aromatic rings. The molecule has 3 fully saturated rings. The Morgan fingerprint density at radius 2 is 1.83 bits per heavy atom. The fraction of sp³-hybridized carbons (Fsp3) is 0.536. The van der Waals surface area contributed by atoms with Gasteiger partial charge in [0.15, 0.2) is 0 Å². The Bertz CT molecular complexity index is 1080. The van der Waals surface area contributed by atoms with Crippen LogP contribution in [0.4, 0.5) is 9.18 Å². The van der Waals surface area contributed by atoms with Crippen molar-refractivity contribution in [1.29, 1.82) is 0 Å². The summed E-state index contributed by atoms with van der Waals surface area (Å²) in [5, 5.41) is 0. The molecule has 1 saturated carbocycles. The van der Waals surface area contributed by atoms with Crippen molar-refractivity contribution in [2.45, 2.75) is 56.0 Å². The van der Waals surface area contributed by atoms with Crippen LogP contribution in [0.15, 0.2) is 42.5 Å². The van der Waals surface area contributed by atoms with Crippen LogP contribution in [-0.2, 0) is 5.41 Å². The van der Waals surface area contributed by atoms with Gasteiger partial charge in [-0.3, -0.25) is 0 Å². The van der Waals surface area contributed by atoms with Crippen molar-refractivity contribution < 1.29 is 23.4 Å². The van der Waals surface area contributed by atoms with E-state index in [4.69, 9.17) is 14.2 Å². The Morgan fingerprint density at radius 1 is 1.06 bits per heavy atom. The minimum absolute atomic E-state index is 0.0620. The third kappa shape index (κ3) is 4.14. The largest absolute Gasteiger partial charge is 0.497 e. The van der Waals surface area contributed by atoms with E-state index in [9.17, 15) is 9.18 Å². The Hall–Kier alpha value is -2.80. The van der Waals surface area contributed by atoms with Crippen LogP contribution < -0.4 is 14.2 Å². The topological polar surface area (TPSA) is 51.2 Å². The number of methoxy groups -OCH3 is 1. The number of hydrogen-bond donors (Lipinski definition) is 0. The molecule has 7 heteroatoms. The summed E-state index contributed by atoms with van der Waals surface area (Å²) >= 11 is 0. The lowest BCUT2D eigenvalue weighted by Crippen LogP contribution is -2.49. The number of carbonyl (C=O) groups is 1. The Morgan fingerprint density at radius 3 is 2.60 bits per heavy atom. The van der Waals surface area contributed by atoms with E-state index in [2.05, 4.69) is 4.90 Å². The van der Waals surface area contributed by atoms with E-state index in [0.29, 0.717) is 24.3 Å². The zero-order chi connectivity index (χ0) is 24.0. The average molecular weight is 481 g/mol. The number of benzene rings is 2. The molecule has 1 amide bonds. The predicted octanol–water partition coefficient (Wildman–Crippen LogP) is 5.00. The van der Waals surface area contributed by atoms with Crippen molar-refractivity contribution in [3.8, 4) is 17.2 Å². The van der Waals surface area contributed by atoms with E-state index in [0.717, 1.165) is 68.8 Å². The summed E-state index contributed by atoms with van der Waals surface area (Å²) in [7, 11) is 1.62. The summed E-state index contributed by atoms with van der Waals surface area (Å²) < 4.78 is 30.8. The van der Waals surface area contributed by atoms with E-state index in [1.165, 1.54) is 12.5 Å². The Kier molecular flexibility index (Phi) is 5.83. The first kappa shape index (κ1) is 22.7. The second-order valence-corrected chi connectivity index (χ2v) is 10.6. The molecule has 3 atom stereocenters. The maximum atomic E-state index is 14.0. The first-order valence-corrected chi connectivity index (χ1v) is 12.8. The number of fused-ring (bicyclic) bond motifs is 3. The number of rotatable bonds is 3. The molecule has 1 spiro atoms. The lowest BCUT2D eigenvalue weighted by Gasteiger charge is -2.41. The van der Waals surface area contributed by atoms with Crippen molar-refractivity contribution in [1.82, 2.24) is 9.80 Å². The number of amides is 1. The first-order chi connectivity index (χ1) is 17.0.